The predicted octanol–water partition coefficient (Wildman–Crippen LogP) is 4.28. The molecule has 1 aromatic carbocycles. The van der Waals surface area contributed by atoms with Crippen LogP contribution in [0.1, 0.15) is 47.9 Å². The fourth-order valence-electron chi connectivity index (χ4n) is 3.75. The van der Waals surface area contributed by atoms with Gasteiger partial charge in [-0.15, -0.1) is 24.0 Å². The smallest absolute Gasteiger partial charge is 0.191 e. The molecule has 0 fully saturated rings. The highest BCUT2D eigenvalue weighted by Crippen LogP contribution is 2.26. The van der Waals surface area contributed by atoms with Gasteiger partial charge in [-0.1, -0.05) is 18.2 Å². The van der Waals surface area contributed by atoms with E-state index in [0.717, 1.165) is 46.3 Å². The van der Waals surface area contributed by atoms with Crippen LogP contribution in [0.5, 0.6) is 0 Å². The van der Waals surface area contributed by atoms with Crippen molar-refractivity contribution in [3.05, 3.63) is 70.4 Å². The molecule has 32 heavy (non-hydrogen) atoms. The zero-order valence-corrected chi connectivity index (χ0v) is 22.0. The fourth-order valence-corrected chi connectivity index (χ4v) is 3.75. The number of rotatable bonds is 7. The summed E-state index contributed by atoms with van der Waals surface area (Å²) in [6.07, 6.45) is 0. The summed E-state index contributed by atoms with van der Waals surface area (Å²) in [4.78, 5) is 4.75. The molecule has 0 aliphatic heterocycles. The Labute approximate surface area is 207 Å². The van der Waals surface area contributed by atoms with Crippen molar-refractivity contribution in [2.75, 3.05) is 13.1 Å². The molecular formula is C24H34IN5O2. The summed E-state index contributed by atoms with van der Waals surface area (Å²) in [6, 6.07) is 12.1. The summed E-state index contributed by atoms with van der Waals surface area (Å²) in [5.74, 6) is 2.16. The number of nitrogens with zero attached hydrogens (tertiary/aromatic N) is 3. The second-order valence-electron chi connectivity index (χ2n) is 8.12. The van der Waals surface area contributed by atoms with Crippen molar-refractivity contribution in [1.29, 1.82) is 0 Å². The molecule has 174 valence electrons. The molecule has 0 saturated heterocycles. The molecule has 0 aliphatic rings. The number of aliphatic hydroxyl groups is 1. The van der Waals surface area contributed by atoms with E-state index < -0.39 is 5.60 Å². The Hall–Kier alpha value is -2.33. The van der Waals surface area contributed by atoms with Gasteiger partial charge in [-0.05, 0) is 65.3 Å². The third-order valence-corrected chi connectivity index (χ3v) is 5.20. The first-order valence-corrected chi connectivity index (χ1v) is 10.6. The molecule has 3 aromatic rings. The van der Waals surface area contributed by atoms with Crippen molar-refractivity contribution in [1.82, 2.24) is 20.4 Å². The van der Waals surface area contributed by atoms with Gasteiger partial charge in [-0.3, -0.25) is 0 Å². The van der Waals surface area contributed by atoms with Crippen LogP contribution in [0.3, 0.4) is 0 Å². The Balaban J connectivity index is 0.00000363. The molecule has 2 aromatic heterocycles. The molecular weight excluding hydrogens is 517 g/mol. The van der Waals surface area contributed by atoms with E-state index in [4.69, 9.17) is 9.41 Å². The summed E-state index contributed by atoms with van der Waals surface area (Å²) < 4.78 is 7.54. The van der Waals surface area contributed by atoms with Crippen LogP contribution < -0.4 is 10.6 Å². The summed E-state index contributed by atoms with van der Waals surface area (Å²) in [5.41, 5.74) is 3.85. The number of hydrogen-bond acceptors (Lipinski definition) is 4. The second kappa shape index (κ2) is 11.0. The van der Waals surface area contributed by atoms with E-state index in [1.807, 2.05) is 57.5 Å². The lowest BCUT2D eigenvalue weighted by Crippen LogP contribution is -2.44. The standard InChI is InChI=1S/C24H33N5O2.HI/c1-7-25-23(27-15-24(6,30)21-13-18(4)31-19(21)5)26-14-20-10-8-9-11-22(20)29-17(3)12-16(2)28-29;/h8-13,30H,7,14-15H2,1-6H3,(H2,25,26,27);1H. The number of aliphatic imine (C=N–C) groups is 1. The molecule has 0 saturated carbocycles. The third-order valence-electron chi connectivity index (χ3n) is 5.20. The number of furan rings is 1. The summed E-state index contributed by atoms with van der Waals surface area (Å²) in [6.45, 7) is 13.1. The van der Waals surface area contributed by atoms with Gasteiger partial charge in [0.1, 0.15) is 17.1 Å². The molecule has 8 heteroatoms. The monoisotopic (exact) mass is 551 g/mol. The van der Waals surface area contributed by atoms with Gasteiger partial charge in [0.15, 0.2) is 5.96 Å². The van der Waals surface area contributed by atoms with E-state index in [1.54, 1.807) is 6.92 Å². The maximum Gasteiger partial charge on any atom is 0.191 e. The van der Waals surface area contributed by atoms with Crippen LogP contribution in [0.15, 0.2) is 45.8 Å². The molecule has 0 radical (unpaired) electrons. The number of aromatic nitrogens is 2. The van der Waals surface area contributed by atoms with Gasteiger partial charge < -0.3 is 20.2 Å². The lowest BCUT2D eigenvalue weighted by Gasteiger charge is -2.24. The third kappa shape index (κ3) is 6.13. The summed E-state index contributed by atoms with van der Waals surface area (Å²) in [5, 5.41) is 22.1. The van der Waals surface area contributed by atoms with Crippen LogP contribution in [0.4, 0.5) is 0 Å². The van der Waals surface area contributed by atoms with Crippen LogP contribution in [-0.2, 0) is 12.1 Å². The van der Waals surface area contributed by atoms with Gasteiger partial charge in [0.25, 0.3) is 0 Å². The van der Waals surface area contributed by atoms with Crippen molar-refractivity contribution in [3.8, 4) is 5.69 Å². The molecule has 3 rings (SSSR count). The number of aryl methyl sites for hydroxylation is 4. The van der Waals surface area contributed by atoms with E-state index in [-0.39, 0.29) is 24.0 Å². The number of hydrogen-bond donors (Lipinski definition) is 3. The van der Waals surface area contributed by atoms with Gasteiger partial charge in [0, 0.05) is 17.8 Å². The predicted molar refractivity (Wildman–Crippen MR) is 139 cm³/mol. The minimum atomic E-state index is -1.08. The molecule has 0 amide bonds. The Morgan fingerprint density at radius 1 is 1.16 bits per heavy atom. The number of para-hydroxylation sites is 1. The van der Waals surface area contributed by atoms with Crippen LogP contribution in [0, 0.1) is 27.7 Å². The lowest BCUT2D eigenvalue weighted by molar-refractivity contribution is 0.0601. The van der Waals surface area contributed by atoms with Crippen molar-refractivity contribution < 1.29 is 9.52 Å². The molecule has 1 atom stereocenters. The van der Waals surface area contributed by atoms with Crippen molar-refractivity contribution >= 4 is 29.9 Å². The largest absolute Gasteiger partial charge is 0.466 e. The minimum absolute atomic E-state index is 0. The Bertz CT molecular complexity index is 1070. The molecule has 0 spiro atoms. The Morgan fingerprint density at radius 3 is 2.47 bits per heavy atom. The number of benzene rings is 1. The highest BCUT2D eigenvalue weighted by atomic mass is 127. The van der Waals surface area contributed by atoms with E-state index >= 15 is 0 Å². The average molecular weight is 551 g/mol. The van der Waals surface area contributed by atoms with Crippen LogP contribution in [0.2, 0.25) is 0 Å². The van der Waals surface area contributed by atoms with Crippen molar-refractivity contribution in [3.63, 3.8) is 0 Å². The lowest BCUT2D eigenvalue weighted by atomic mass is 9.96. The maximum atomic E-state index is 11.0. The van der Waals surface area contributed by atoms with Gasteiger partial charge >= 0.3 is 0 Å². The van der Waals surface area contributed by atoms with E-state index in [2.05, 4.69) is 33.9 Å². The van der Waals surface area contributed by atoms with Crippen molar-refractivity contribution in [2.45, 2.75) is 53.7 Å². The number of halogens is 1. The first-order valence-electron chi connectivity index (χ1n) is 10.6. The zero-order valence-electron chi connectivity index (χ0n) is 19.7. The van der Waals surface area contributed by atoms with Gasteiger partial charge in [-0.25, -0.2) is 9.67 Å². The Kier molecular flexibility index (Phi) is 8.91. The quantitative estimate of drug-likeness (QED) is 0.232. The summed E-state index contributed by atoms with van der Waals surface area (Å²) in [7, 11) is 0. The van der Waals surface area contributed by atoms with Gasteiger partial charge in [0.05, 0.1) is 24.5 Å². The SMILES string of the molecule is CCNC(=NCc1ccccc1-n1nc(C)cc1C)NCC(C)(O)c1cc(C)oc1C.I. The maximum absolute atomic E-state index is 11.0. The number of guanidine groups is 1. The Morgan fingerprint density at radius 2 is 1.88 bits per heavy atom. The summed E-state index contributed by atoms with van der Waals surface area (Å²) >= 11 is 0. The zero-order chi connectivity index (χ0) is 22.6. The van der Waals surface area contributed by atoms with Gasteiger partial charge in [-0.2, -0.15) is 5.10 Å². The van der Waals surface area contributed by atoms with Gasteiger partial charge in [0.2, 0.25) is 0 Å². The first-order chi connectivity index (χ1) is 14.7. The fraction of sp³-hybridized carbons (Fsp3) is 0.417. The molecule has 0 bridgehead atoms. The van der Waals surface area contributed by atoms with E-state index in [0.29, 0.717) is 19.0 Å². The van der Waals surface area contributed by atoms with E-state index in [9.17, 15) is 5.11 Å². The molecule has 0 aliphatic carbocycles. The van der Waals surface area contributed by atoms with Crippen LogP contribution in [-0.4, -0.2) is 33.9 Å². The molecule has 1 unspecified atom stereocenters. The molecule has 2 heterocycles. The molecule has 7 nitrogen and oxygen atoms in total. The average Bonchev–Trinajstić information content (AvgIpc) is 3.24. The normalized spacial score (nSPS) is 13.4. The highest BCUT2D eigenvalue weighted by molar-refractivity contribution is 14.0. The highest BCUT2D eigenvalue weighted by Gasteiger charge is 2.27. The topological polar surface area (TPSA) is 87.6 Å². The second-order valence-corrected chi connectivity index (χ2v) is 8.12. The molecule has 3 N–H and O–H groups in total. The van der Waals surface area contributed by atoms with Crippen LogP contribution >= 0.6 is 24.0 Å². The first kappa shape index (κ1) is 25.9. The van der Waals surface area contributed by atoms with Crippen LogP contribution in [0.25, 0.3) is 5.69 Å². The number of nitrogens with one attached hydrogen (secondary N) is 2. The van der Waals surface area contributed by atoms with E-state index in [1.165, 1.54) is 0 Å². The van der Waals surface area contributed by atoms with Crippen molar-refractivity contribution in [2.24, 2.45) is 4.99 Å². The minimum Gasteiger partial charge on any atom is -0.466 e.